The Morgan fingerprint density at radius 3 is 2.43 bits per heavy atom. The average Bonchev–Trinajstić information content (AvgIpc) is 1.65. The van der Waals surface area contributed by atoms with Crippen LogP contribution in [-0.2, 0) is 23.1 Å². The third-order valence-corrected chi connectivity index (χ3v) is 1.93. The Morgan fingerprint density at radius 2 is 2.43 bits per heavy atom. The number of aliphatic carboxylic acids is 1. The normalized spacial score (nSPS) is 13.6. The van der Waals surface area contributed by atoms with E-state index < -0.39 is 12.0 Å². The van der Waals surface area contributed by atoms with Gasteiger partial charge in [-0.3, -0.25) is 0 Å². The first-order valence-electron chi connectivity index (χ1n) is 1.96. The van der Waals surface area contributed by atoms with E-state index in [1.165, 1.54) is 0 Å². The van der Waals surface area contributed by atoms with Crippen LogP contribution in [0, 0.1) is 0 Å². The summed E-state index contributed by atoms with van der Waals surface area (Å²) >= 11 is 0.952. The van der Waals surface area contributed by atoms with Crippen molar-refractivity contribution in [3.63, 3.8) is 0 Å². The van der Waals surface area contributed by atoms with E-state index in [1.807, 2.05) is 0 Å². The van der Waals surface area contributed by atoms with Crippen LogP contribution in [0.1, 0.15) is 0 Å². The number of rotatable bonds is 2. The number of carboxylic acid groups (broad SMARTS) is 1. The molecule has 0 fully saturated rings. The molecule has 0 aliphatic heterocycles. The van der Waals surface area contributed by atoms with E-state index in [4.69, 9.17) is 10.8 Å². The molecule has 0 aromatic rings. The SMILES string of the molecule is N[C@@H]([CH2][Zn])C(=O)O. The molecule has 0 heterocycles. The second kappa shape index (κ2) is 3.11. The Kier molecular flexibility index (Phi) is 3.13. The predicted octanol–water partition coefficient (Wildman–Crippen LogP) is -0.637. The molecule has 0 spiro atoms. The van der Waals surface area contributed by atoms with Crippen LogP contribution in [0.25, 0.3) is 0 Å². The van der Waals surface area contributed by atoms with Gasteiger partial charge in [0.05, 0.1) is 0 Å². The van der Waals surface area contributed by atoms with Crippen molar-refractivity contribution >= 4 is 5.97 Å². The molecular formula is C3H6NO2Zn. The van der Waals surface area contributed by atoms with Gasteiger partial charge >= 0.3 is 51.0 Å². The quantitative estimate of drug-likeness (QED) is 0.519. The van der Waals surface area contributed by atoms with Gasteiger partial charge < -0.3 is 0 Å². The molecule has 0 aromatic carbocycles. The van der Waals surface area contributed by atoms with Crippen LogP contribution in [0.4, 0.5) is 0 Å². The van der Waals surface area contributed by atoms with Crippen LogP contribution in [0.3, 0.4) is 0 Å². The van der Waals surface area contributed by atoms with Gasteiger partial charge in [0.15, 0.2) is 0 Å². The van der Waals surface area contributed by atoms with Crippen molar-refractivity contribution < 1.29 is 28.2 Å². The number of hydrogen-bond acceptors (Lipinski definition) is 2. The molecule has 0 radical (unpaired) electrons. The first kappa shape index (κ1) is 7.05. The molecule has 4 heteroatoms. The van der Waals surface area contributed by atoms with E-state index in [9.17, 15) is 4.79 Å². The molecule has 3 N–H and O–H groups in total. The molecule has 0 bridgehead atoms. The van der Waals surface area contributed by atoms with Gasteiger partial charge in [-0.05, 0) is 0 Å². The summed E-state index contributed by atoms with van der Waals surface area (Å²) in [7, 11) is 0. The number of carboxylic acids is 1. The van der Waals surface area contributed by atoms with Crippen LogP contribution < -0.4 is 5.73 Å². The fourth-order valence-corrected chi connectivity index (χ4v) is 0.642. The number of hydrogen-bond donors (Lipinski definition) is 2. The molecule has 1 atom stereocenters. The topological polar surface area (TPSA) is 63.3 Å². The minimum absolute atomic E-state index is 0.620. The molecule has 0 unspecified atom stereocenters. The van der Waals surface area contributed by atoms with Crippen molar-refractivity contribution in [2.45, 2.75) is 11.1 Å². The summed E-state index contributed by atoms with van der Waals surface area (Å²) in [6, 6.07) is -0.625. The summed E-state index contributed by atoms with van der Waals surface area (Å²) < 4.78 is 0. The zero-order valence-corrected chi connectivity index (χ0v) is 6.89. The Hall–Kier alpha value is 0.0534. The zero-order valence-electron chi connectivity index (χ0n) is 3.92. The maximum atomic E-state index is 9.83. The van der Waals surface area contributed by atoms with E-state index in [2.05, 4.69) is 0 Å². The standard InChI is InChI=1S/C3H6NO2.Zn/c1-2(4)3(5)6;/h2H,1,4H2,(H,5,6);/t2-;/m0./s1. The molecule has 0 aliphatic carbocycles. The summed E-state index contributed by atoms with van der Waals surface area (Å²) in [4.78, 5) is 9.83. The van der Waals surface area contributed by atoms with Crippen molar-refractivity contribution in [3.05, 3.63) is 0 Å². The number of nitrogens with two attached hydrogens (primary N) is 1. The van der Waals surface area contributed by atoms with Gasteiger partial charge in [0.2, 0.25) is 0 Å². The number of carbonyl (C=O) groups is 1. The fraction of sp³-hybridized carbons (Fsp3) is 0.667. The molecule has 0 aliphatic rings. The summed E-state index contributed by atoms with van der Waals surface area (Å²) in [6.45, 7) is 0. The van der Waals surface area contributed by atoms with Crippen molar-refractivity contribution in [1.82, 2.24) is 0 Å². The molecule has 3 nitrogen and oxygen atoms in total. The van der Waals surface area contributed by atoms with Crippen molar-refractivity contribution in [3.8, 4) is 0 Å². The third kappa shape index (κ3) is 2.71. The molecule has 7 heavy (non-hydrogen) atoms. The van der Waals surface area contributed by atoms with Crippen molar-refractivity contribution in [2.75, 3.05) is 0 Å². The fourth-order valence-electron chi connectivity index (χ4n) is 0.123. The summed E-state index contributed by atoms with van der Waals surface area (Å²) in [5.41, 5.74) is 5.05. The van der Waals surface area contributed by atoms with Crippen LogP contribution >= 0.6 is 0 Å². The van der Waals surface area contributed by atoms with E-state index in [-0.39, 0.29) is 0 Å². The van der Waals surface area contributed by atoms with Gasteiger partial charge in [0.25, 0.3) is 0 Å². The van der Waals surface area contributed by atoms with Crippen LogP contribution in [0.15, 0.2) is 0 Å². The maximum absolute atomic E-state index is 9.83. The Morgan fingerprint density at radius 1 is 2.00 bits per heavy atom. The van der Waals surface area contributed by atoms with E-state index in [1.54, 1.807) is 0 Å². The monoisotopic (exact) mass is 152 g/mol. The zero-order chi connectivity index (χ0) is 5.86. The summed E-state index contributed by atoms with van der Waals surface area (Å²) in [5.74, 6) is -0.897. The molecule has 0 rings (SSSR count). The van der Waals surface area contributed by atoms with Crippen LogP contribution in [-0.4, -0.2) is 17.1 Å². The van der Waals surface area contributed by atoms with Crippen molar-refractivity contribution in [1.29, 1.82) is 0 Å². The minimum atomic E-state index is -0.897. The van der Waals surface area contributed by atoms with Gasteiger partial charge in [-0.1, -0.05) is 0 Å². The van der Waals surface area contributed by atoms with Gasteiger partial charge in [-0.2, -0.15) is 0 Å². The Bertz CT molecular complexity index is 75.3. The third-order valence-electron chi connectivity index (χ3n) is 0.628. The molecular weight excluding hydrogens is 147 g/mol. The van der Waals surface area contributed by atoms with E-state index in [0.29, 0.717) is 5.02 Å². The summed E-state index contributed by atoms with van der Waals surface area (Å²) in [6.07, 6.45) is 0. The van der Waals surface area contributed by atoms with E-state index in [0.717, 1.165) is 18.3 Å². The van der Waals surface area contributed by atoms with Gasteiger partial charge in [0, 0.05) is 0 Å². The first-order valence-corrected chi connectivity index (χ1v) is 4.06. The van der Waals surface area contributed by atoms with Crippen LogP contribution in [0.2, 0.25) is 5.02 Å². The molecule has 37 valence electrons. The second-order valence-electron chi connectivity index (χ2n) is 1.23. The van der Waals surface area contributed by atoms with Crippen molar-refractivity contribution in [2.24, 2.45) is 5.73 Å². The van der Waals surface area contributed by atoms with Gasteiger partial charge in [0.1, 0.15) is 0 Å². The summed E-state index contributed by atoms with van der Waals surface area (Å²) in [5, 5.41) is 8.70. The van der Waals surface area contributed by atoms with Crippen LogP contribution in [0.5, 0.6) is 0 Å². The first-order chi connectivity index (χ1) is 3.18. The predicted molar refractivity (Wildman–Crippen MR) is 20.4 cm³/mol. The molecule has 0 aromatic heterocycles. The Balaban J connectivity index is 3.34. The van der Waals surface area contributed by atoms with E-state index >= 15 is 0 Å². The molecule has 0 saturated heterocycles. The average molecular weight is 153 g/mol. The molecule has 0 amide bonds. The van der Waals surface area contributed by atoms with Gasteiger partial charge in [-0.25, -0.2) is 0 Å². The second-order valence-corrected chi connectivity index (χ2v) is 2.44. The van der Waals surface area contributed by atoms with Gasteiger partial charge in [-0.15, -0.1) is 0 Å². The molecule has 0 saturated carbocycles. The Labute approximate surface area is 51.6 Å².